The van der Waals surface area contributed by atoms with Gasteiger partial charge in [-0.15, -0.1) is 0 Å². The summed E-state index contributed by atoms with van der Waals surface area (Å²) in [6.07, 6.45) is 4.52. The van der Waals surface area contributed by atoms with Gasteiger partial charge in [0, 0.05) is 12.6 Å². The van der Waals surface area contributed by atoms with Crippen LogP contribution >= 0.6 is 0 Å². The van der Waals surface area contributed by atoms with E-state index >= 15 is 0 Å². The summed E-state index contributed by atoms with van der Waals surface area (Å²) in [5.41, 5.74) is 0. The lowest BCUT2D eigenvalue weighted by Crippen LogP contribution is -2.43. The van der Waals surface area contributed by atoms with Crippen molar-refractivity contribution in [2.75, 3.05) is 26.7 Å². The molecule has 15 heavy (non-hydrogen) atoms. The maximum absolute atomic E-state index is 11.6. The zero-order chi connectivity index (χ0) is 10.7. The molecule has 4 heteroatoms. The predicted octanol–water partition coefficient (Wildman–Crippen LogP) is 1.22. The van der Waals surface area contributed by atoms with Crippen LogP contribution in [0.2, 0.25) is 0 Å². The number of nitrogens with zero attached hydrogens (tertiary/aromatic N) is 1. The van der Waals surface area contributed by atoms with Gasteiger partial charge in [0.05, 0.1) is 7.11 Å². The Labute approximate surface area is 91.0 Å². The maximum atomic E-state index is 11.6. The Hall–Kier alpha value is -0.770. The van der Waals surface area contributed by atoms with Crippen LogP contribution in [0.25, 0.3) is 0 Å². The Morgan fingerprint density at radius 2 is 2.07 bits per heavy atom. The van der Waals surface area contributed by atoms with Crippen LogP contribution in [0.1, 0.15) is 25.7 Å². The molecule has 0 bridgehead atoms. The molecule has 1 N–H and O–H groups in total. The molecule has 2 rings (SSSR count). The molecule has 0 aliphatic carbocycles. The summed E-state index contributed by atoms with van der Waals surface area (Å²) in [6.45, 7) is 3.06. The highest BCUT2D eigenvalue weighted by Gasteiger charge is 2.35. The minimum atomic E-state index is -0.143. The number of methoxy groups -OCH3 is 1. The Morgan fingerprint density at radius 1 is 1.33 bits per heavy atom. The molecule has 2 saturated heterocycles. The third-order valence-corrected chi connectivity index (χ3v) is 3.64. The van der Waals surface area contributed by atoms with Crippen LogP contribution in [0.5, 0.6) is 0 Å². The Balaban J connectivity index is 1.97. The molecule has 0 aromatic rings. The molecule has 0 spiro atoms. The normalized spacial score (nSPS) is 28.1. The summed E-state index contributed by atoms with van der Waals surface area (Å²) >= 11 is 0. The number of carbonyl (C=O) groups is 1. The van der Waals surface area contributed by atoms with Crippen molar-refractivity contribution in [3.05, 3.63) is 0 Å². The van der Waals surface area contributed by atoms with E-state index in [1.54, 1.807) is 0 Å². The molecule has 0 radical (unpaired) electrons. The molecule has 4 nitrogen and oxygen atoms in total. The smallest absolute Gasteiger partial charge is 0.409 e. The van der Waals surface area contributed by atoms with Crippen molar-refractivity contribution >= 4 is 6.09 Å². The highest BCUT2D eigenvalue weighted by Crippen LogP contribution is 2.29. The van der Waals surface area contributed by atoms with Gasteiger partial charge < -0.3 is 15.0 Å². The van der Waals surface area contributed by atoms with Gasteiger partial charge in [0.1, 0.15) is 0 Å². The van der Waals surface area contributed by atoms with Crippen LogP contribution in [-0.2, 0) is 4.74 Å². The quantitative estimate of drug-likeness (QED) is 0.710. The molecular weight excluding hydrogens is 192 g/mol. The summed E-state index contributed by atoms with van der Waals surface area (Å²) in [6, 6.07) is 0.430. The largest absolute Gasteiger partial charge is 0.453 e. The van der Waals surface area contributed by atoms with E-state index in [4.69, 9.17) is 4.74 Å². The van der Waals surface area contributed by atoms with Crippen molar-refractivity contribution in [1.29, 1.82) is 0 Å². The van der Waals surface area contributed by atoms with E-state index in [0.717, 1.165) is 32.5 Å². The molecule has 0 aromatic carbocycles. The van der Waals surface area contributed by atoms with Crippen LogP contribution < -0.4 is 5.32 Å². The van der Waals surface area contributed by atoms with Gasteiger partial charge in [-0.25, -0.2) is 4.79 Å². The monoisotopic (exact) mass is 212 g/mol. The second-order valence-corrected chi connectivity index (χ2v) is 4.46. The minimum absolute atomic E-state index is 0.143. The van der Waals surface area contributed by atoms with Gasteiger partial charge in [-0.1, -0.05) is 0 Å². The Kier molecular flexibility index (Phi) is 3.46. The van der Waals surface area contributed by atoms with Crippen LogP contribution in [-0.4, -0.2) is 43.8 Å². The highest BCUT2D eigenvalue weighted by atomic mass is 16.5. The van der Waals surface area contributed by atoms with Gasteiger partial charge in [0.25, 0.3) is 0 Å². The first-order valence-electron chi connectivity index (χ1n) is 5.88. The van der Waals surface area contributed by atoms with Crippen molar-refractivity contribution in [1.82, 2.24) is 10.2 Å². The fourth-order valence-corrected chi connectivity index (χ4v) is 2.86. The van der Waals surface area contributed by atoms with E-state index in [1.165, 1.54) is 20.0 Å². The lowest BCUT2D eigenvalue weighted by atomic mass is 9.89. The lowest BCUT2D eigenvalue weighted by molar-refractivity contribution is 0.0998. The van der Waals surface area contributed by atoms with Gasteiger partial charge in [-0.3, -0.25) is 0 Å². The molecule has 0 saturated carbocycles. The molecule has 2 heterocycles. The number of hydrogen-bond donors (Lipinski definition) is 1. The number of amides is 1. The van der Waals surface area contributed by atoms with Crippen LogP contribution in [0.15, 0.2) is 0 Å². The van der Waals surface area contributed by atoms with Crippen LogP contribution in [0.3, 0.4) is 0 Å². The third-order valence-electron chi connectivity index (χ3n) is 3.64. The third kappa shape index (κ3) is 2.25. The fourth-order valence-electron chi connectivity index (χ4n) is 2.86. The first-order valence-corrected chi connectivity index (χ1v) is 5.88. The summed E-state index contributed by atoms with van der Waals surface area (Å²) in [5.74, 6) is 0.674. The first-order chi connectivity index (χ1) is 7.33. The zero-order valence-electron chi connectivity index (χ0n) is 9.37. The van der Waals surface area contributed by atoms with Gasteiger partial charge in [-0.05, 0) is 44.7 Å². The first kappa shape index (κ1) is 10.7. The minimum Gasteiger partial charge on any atom is -0.453 e. The Morgan fingerprint density at radius 3 is 2.73 bits per heavy atom. The summed E-state index contributed by atoms with van der Waals surface area (Å²) in [7, 11) is 1.47. The number of hydrogen-bond acceptors (Lipinski definition) is 3. The van der Waals surface area contributed by atoms with E-state index < -0.39 is 0 Å². The molecule has 1 unspecified atom stereocenters. The molecule has 2 aliphatic rings. The van der Waals surface area contributed by atoms with E-state index in [-0.39, 0.29) is 6.09 Å². The molecule has 2 fully saturated rings. The van der Waals surface area contributed by atoms with Gasteiger partial charge >= 0.3 is 6.09 Å². The van der Waals surface area contributed by atoms with E-state index in [0.29, 0.717) is 12.0 Å². The Bertz CT molecular complexity index is 227. The average Bonchev–Trinajstić information content (AvgIpc) is 2.78. The SMILES string of the molecule is COC(=O)N1CCCC1C1CCNCC1. The number of rotatable bonds is 1. The summed E-state index contributed by atoms with van der Waals surface area (Å²) < 4.78 is 4.83. The van der Waals surface area contributed by atoms with E-state index in [9.17, 15) is 4.79 Å². The van der Waals surface area contributed by atoms with Crippen molar-refractivity contribution in [2.24, 2.45) is 5.92 Å². The predicted molar refractivity (Wildman–Crippen MR) is 57.7 cm³/mol. The van der Waals surface area contributed by atoms with Gasteiger partial charge in [-0.2, -0.15) is 0 Å². The number of piperidine rings is 1. The van der Waals surface area contributed by atoms with Crippen molar-refractivity contribution in [2.45, 2.75) is 31.7 Å². The second kappa shape index (κ2) is 4.84. The van der Waals surface area contributed by atoms with Crippen molar-refractivity contribution < 1.29 is 9.53 Å². The van der Waals surface area contributed by atoms with Gasteiger partial charge in [0.15, 0.2) is 0 Å². The van der Waals surface area contributed by atoms with E-state index in [1.807, 2.05) is 4.90 Å². The summed E-state index contributed by atoms with van der Waals surface area (Å²) in [5, 5.41) is 3.36. The fraction of sp³-hybridized carbons (Fsp3) is 0.909. The highest BCUT2D eigenvalue weighted by molar-refractivity contribution is 5.68. The lowest BCUT2D eigenvalue weighted by Gasteiger charge is -2.33. The molecule has 86 valence electrons. The summed E-state index contributed by atoms with van der Waals surface area (Å²) in [4.78, 5) is 13.5. The topological polar surface area (TPSA) is 41.6 Å². The van der Waals surface area contributed by atoms with Crippen LogP contribution in [0, 0.1) is 5.92 Å². The van der Waals surface area contributed by atoms with Crippen molar-refractivity contribution in [3.8, 4) is 0 Å². The number of ether oxygens (including phenoxy) is 1. The molecule has 1 amide bonds. The number of likely N-dealkylation sites (tertiary alicyclic amines) is 1. The van der Waals surface area contributed by atoms with Gasteiger partial charge in [0.2, 0.25) is 0 Å². The van der Waals surface area contributed by atoms with Crippen molar-refractivity contribution in [3.63, 3.8) is 0 Å². The number of carbonyl (C=O) groups excluding carboxylic acids is 1. The number of nitrogens with one attached hydrogen (secondary N) is 1. The molecule has 2 aliphatic heterocycles. The molecule has 0 aromatic heterocycles. The standard InChI is InChI=1S/C11H20N2O2/c1-15-11(14)13-8-2-3-10(13)9-4-6-12-7-5-9/h9-10,12H,2-8H2,1H3. The molecule has 1 atom stereocenters. The van der Waals surface area contributed by atoms with Crippen LogP contribution in [0.4, 0.5) is 4.79 Å². The maximum Gasteiger partial charge on any atom is 0.409 e. The average molecular weight is 212 g/mol. The second-order valence-electron chi connectivity index (χ2n) is 4.46. The zero-order valence-corrected chi connectivity index (χ0v) is 9.37. The van der Waals surface area contributed by atoms with E-state index in [2.05, 4.69) is 5.32 Å². The molecular formula is C11H20N2O2.